The summed E-state index contributed by atoms with van der Waals surface area (Å²) >= 11 is 11.8. The van der Waals surface area contributed by atoms with Gasteiger partial charge in [-0.15, -0.1) is 0 Å². The van der Waals surface area contributed by atoms with E-state index in [0.717, 1.165) is 0 Å². The normalized spacial score (nSPS) is 12.4. The molecule has 0 aliphatic rings. The summed E-state index contributed by atoms with van der Waals surface area (Å²) in [6, 6.07) is 11.0. The summed E-state index contributed by atoms with van der Waals surface area (Å²) in [6.07, 6.45) is 0. The number of halogens is 3. The van der Waals surface area contributed by atoms with E-state index in [4.69, 9.17) is 23.2 Å². The summed E-state index contributed by atoms with van der Waals surface area (Å²) in [6.45, 7) is 4.70. The van der Waals surface area contributed by atoms with Gasteiger partial charge in [0.1, 0.15) is 5.82 Å². The van der Waals surface area contributed by atoms with Crippen LogP contribution in [0.25, 0.3) is 0 Å². The number of rotatable bonds is 4. The molecular formula is C16H16Cl2FN. The predicted molar refractivity (Wildman–Crippen MR) is 82.9 cm³/mol. The minimum atomic E-state index is -0.449. The molecule has 1 unspecified atom stereocenters. The number of benzene rings is 2. The van der Waals surface area contributed by atoms with Gasteiger partial charge in [0, 0.05) is 17.6 Å². The summed E-state index contributed by atoms with van der Waals surface area (Å²) in [7, 11) is 0. The van der Waals surface area contributed by atoms with Crippen molar-refractivity contribution < 1.29 is 4.39 Å². The third-order valence-electron chi connectivity index (χ3n) is 3.20. The van der Waals surface area contributed by atoms with Gasteiger partial charge in [-0.3, -0.25) is 0 Å². The Bertz CT molecular complexity index is 613. The van der Waals surface area contributed by atoms with Crippen LogP contribution in [0, 0.1) is 12.7 Å². The van der Waals surface area contributed by atoms with Crippen molar-refractivity contribution in [3.63, 3.8) is 0 Å². The molecule has 2 aromatic rings. The molecule has 0 aliphatic heterocycles. The maximum atomic E-state index is 13.5. The fourth-order valence-electron chi connectivity index (χ4n) is 2.07. The van der Waals surface area contributed by atoms with E-state index < -0.39 is 5.82 Å². The van der Waals surface area contributed by atoms with Crippen molar-refractivity contribution in [2.24, 2.45) is 0 Å². The Morgan fingerprint density at radius 3 is 2.60 bits per heavy atom. The average molecular weight is 312 g/mol. The van der Waals surface area contributed by atoms with Gasteiger partial charge in [-0.1, -0.05) is 53.0 Å². The predicted octanol–water partition coefficient (Wildman–Crippen LogP) is 5.29. The molecule has 2 rings (SSSR count). The molecule has 0 aromatic heterocycles. The maximum absolute atomic E-state index is 13.5. The molecule has 1 atom stereocenters. The first kappa shape index (κ1) is 15.3. The molecule has 1 nitrogen and oxygen atoms in total. The Labute approximate surface area is 128 Å². The maximum Gasteiger partial charge on any atom is 0.142 e. The minimum Gasteiger partial charge on any atom is -0.306 e. The van der Waals surface area contributed by atoms with Crippen molar-refractivity contribution >= 4 is 23.2 Å². The molecule has 0 amide bonds. The Morgan fingerprint density at radius 1 is 1.15 bits per heavy atom. The zero-order chi connectivity index (χ0) is 14.7. The largest absolute Gasteiger partial charge is 0.306 e. The third-order valence-corrected chi connectivity index (χ3v) is 3.82. The molecule has 0 spiro atoms. The van der Waals surface area contributed by atoms with Crippen molar-refractivity contribution in [1.82, 2.24) is 5.32 Å². The van der Waals surface area contributed by atoms with Gasteiger partial charge in [0.2, 0.25) is 0 Å². The molecule has 2 aromatic carbocycles. The lowest BCUT2D eigenvalue weighted by molar-refractivity contribution is 0.565. The van der Waals surface area contributed by atoms with E-state index in [1.54, 1.807) is 0 Å². The van der Waals surface area contributed by atoms with Crippen molar-refractivity contribution in [2.75, 3.05) is 0 Å². The minimum absolute atomic E-state index is 0.0460. The second-order valence-electron chi connectivity index (χ2n) is 4.88. The van der Waals surface area contributed by atoms with Gasteiger partial charge in [-0.2, -0.15) is 0 Å². The van der Waals surface area contributed by atoms with Gasteiger partial charge >= 0.3 is 0 Å². The summed E-state index contributed by atoms with van der Waals surface area (Å²) in [5.74, 6) is -0.449. The van der Waals surface area contributed by atoms with Crippen LogP contribution in [0.5, 0.6) is 0 Å². The van der Waals surface area contributed by atoms with Gasteiger partial charge in [0.15, 0.2) is 0 Å². The summed E-state index contributed by atoms with van der Waals surface area (Å²) in [5, 5.41) is 3.85. The number of hydrogen-bond acceptors (Lipinski definition) is 1. The van der Waals surface area contributed by atoms with Crippen LogP contribution in [-0.2, 0) is 6.54 Å². The van der Waals surface area contributed by atoms with Gasteiger partial charge in [-0.25, -0.2) is 4.39 Å². The van der Waals surface area contributed by atoms with E-state index in [0.29, 0.717) is 17.1 Å². The lowest BCUT2D eigenvalue weighted by Crippen LogP contribution is -2.18. The molecule has 106 valence electrons. The van der Waals surface area contributed by atoms with Crippen LogP contribution < -0.4 is 5.32 Å². The first-order valence-corrected chi connectivity index (χ1v) is 7.16. The van der Waals surface area contributed by atoms with Gasteiger partial charge < -0.3 is 5.32 Å². The molecule has 0 saturated heterocycles. The van der Waals surface area contributed by atoms with Crippen LogP contribution in [0.15, 0.2) is 36.4 Å². The molecule has 0 bridgehead atoms. The zero-order valence-electron chi connectivity index (χ0n) is 11.4. The molecule has 0 heterocycles. The van der Waals surface area contributed by atoms with E-state index in [-0.39, 0.29) is 11.1 Å². The Morgan fingerprint density at radius 2 is 1.90 bits per heavy atom. The highest BCUT2D eigenvalue weighted by atomic mass is 35.5. The van der Waals surface area contributed by atoms with Crippen molar-refractivity contribution in [3.05, 3.63) is 69.0 Å². The molecule has 0 saturated carbocycles. The van der Waals surface area contributed by atoms with E-state index in [1.807, 2.05) is 13.0 Å². The van der Waals surface area contributed by atoms with Crippen molar-refractivity contribution in [3.8, 4) is 0 Å². The highest BCUT2D eigenvalue weighted by Crippen LogP contribution is 2.28. The van der Waals surface area contributed by atoms with E-state index in [1.165, 1.54) is 23.3 Å². The van der Waals surface area contributed by atoms with Crippen LogP contribution in [0.2, 0.25) is 10.0 Å². The summed E-state index contributed by atoms with van der Waals surface area (Å²) in [4.78, 5) is 0. The van der Waals surface area contributed by atoms with E-state index in [2.05, 4.69) is 30.4 Å². The standard InChI is InChI=1S/C16H16Cl2FN/c1-10-4-3-5-12(6-10)9-20-11(2)13-7-16(19)15(18)8-14(13)17/h3-8,11,20H,9H2,1-2H3. The molecule has 4 heteroatoms. The fraction of sp³-hybridized carbons (Fsp3) is 0.250. The first-order valence-electron chi connectivity index (χ1n) is 6.40. The second kappa shape index (κ2) is 6.57. The molecule has 0 radical (unpaired) electrons. The molecule has 20 heavy (non-hydrogen) atoms. The smallest absolute Gasteiger partial charge is 0.142 e. The van der Waals surface area contributed by atoms with Crippen LogP contribution in [0.4, 0.5) is 4.39 Å². The molecule has 1 N–H and O–H groups in total. The fourth-order valence-corrected chi connectivity index (χ4v) is 2.62. The third kappa shape index (κ3) is 3.72. The van der Waals surface area contributed by atoms with Gasteiger partial charge in [0.05, 0.1) is 5.02 Å². The Kier molecular flexibility index (Phi) is 5.03. The van der Waals surface area contributed by atoms with E-state index >= 15 is 0 Å². The monoisotopic (exact) mass is 311 g/mol. The van der Waals surface area contributed by atoms with Crippen molar-refractivity contribution in [2.45, 2.75) is 26.4 Å². The summed E-state index contributed by atoms with van der Waals surface area (Å²) in [5.41, 5.74) is 3.11. The Hall–Kier alpha value is -1.09. The summed E-state index contributed by atoms with van der Waals surface area (Å²) < 4.78 is 13.5. The molecular weight excluding hydrogens is 296 g/mol. The quantitative estimate of drug-likeness (QED) is 0.756. The SMILES string of the molecule is Cc1cccc(CNC(C)c2cc(F)c(Cl)cc2Cl)c1. The van der Waals surface area contributed by atoms with Crippen LogP contribution in [0.1, 0.15) is 29.7 Å². The number of aryl methyl sites for hydroxylation is 1. The second-order valence-corrected chi connectivity index (χ2v) is 5.69. The Balaban J connectivity index is 2.09. The van der Waals surface area contributed by atoms with Gasteiger partial charge in [0.25, 0.3) is 0 Å². The van der Waals surface area contributed by atoms with Gasteiger partial charge in [-0.05, 0) is 37.1 Å². The number of hydrogen-bond donors (Lipinski definition) is 1. The lowest BCUT2D eigenvalue weighted by atomic mass is 10.1. The lowest BCUT2D eigenvalue weighted by Gasteiger charge is -2.16. The van der Waals surface area contributed by atoms with E-state index in [9.17, 15) is 4.39 Å². The number of nitrogens with one attached hydrogen (secondary N) is 1. The average Bonchev–Trinajstić information content (AvgIpc) is 2.40. The first-order chi connectivity index (χ1) is 9.47. The van der Waals surface area contributed by atoms with Crippen LogP contribution >= 0.6 is 23.2 Å². The topological polar surface area (TPSA) is 12.0 Å². The highest BCUT2D eigenvalue weighted by Gasteiger charge is 2.13. The zero-order valence-corrected chi connectivity index (χ0v) is 12.9. The highest BCUT2D eigenvalue weighted by molar-refractivity contribution is 6.35. The van der Waals surface area contributed by atoms with Crippen LogP contribution in [0.3, 0.4) is 0 Å². The van der Waals surface area contributed by atoms with Crippen molar-refractivity contribution in [1.29, 1.82) is 0 Å². The molecule has 0 fully saturated rings. The molecule has 0 aliphatic carbocycles. The van der Waals surface area contributed by atoms with Crippen LogP contribution in [-0.4, -0.2) is 0 Å².